The van der Waals surface area contributed by atoms with Gasteiger partial charge in [0.2, 0.25) is 5.91 Å². The van der Waals surface area contributed by atoms with Crippen molar-refractivity contribution in [1.82, 2.24) is 15.1 Å². The SMILES string of the molecule is CN1CCN(C)C(CNC(=O)C2(C(=O)O)CCC2)C1. The number of nitrogens with one attached hydrogen (secondary N) is 1. The zero-order valence-electron chi connectivity index (χ0n) is 11.7. The molecule has 19 heavy (non-hydrogen) atoms. The molecular weight excluding hydrogens is 246 g/mol. The molecule has 1 atom stereocenters. The number of aliphatic carboxylic acids is 1. The molecule has 6 heteroatoms. The lowest BCUT2D eigenvalue weighted by Gasteiger charge is -2.39. The fraction of sp³-hybridized carbons (Fsp3) is 0.846. The molecule has 2 aliphatic rings. The molecule has 2 fully saturated rings. The minimum absolute atomic E-state index is 0.258. The molecule has 1 heterocycles. The summed E-state index contributed by atoms with van der Waals surface area (Å²) in [5, 5.41) is 12.0. The third-order valence-electron chi connectivity index (χ3n) is 4.53. The summed E-state index contributed by atoms with van der Waals surface area (Å²) in [6, 6.07) is 0.258. The summed E-state index contributed by atoms with van der Waals surface area (Å²) in [7, 11) is 4.10. The Labute approximate surface area is 113 Å². The highest BCUT2D eigenvalue weighted by Crippen LogP contribution is 2.41. The molecule has 1 unspecified atom stereocenters. The summed E-state index contributed by atoms with van der Waals surface area (Å²) in [5.41, 5.74) is -1.15. The van der Waals surface area contributed by atoms with Crippen LogP contribution in [0.15, 0.2) is 0 Å². The van der Waals surface area contributed by atoms with Gasteiger partial charge >= 0.3 is 5.97 Å². The van der Waals surface area contributed by atoms with Crippen molar-refractivity contribution in [2.24, 2.45) is 5.41 Å². The molecule has 1 saturated carbocycles. The van der Waals surface area contributed by atoms with Gasteiger partial charge in [-0.15, -0.1) is 0 Å². The van der Waals surface area contributed by atoms with Crippen LogP contribution >= 0.6 is 0 Å². The van der Waals surface area contributed by atoms with E-state index >= 15 is 0 Å². The van der Waals surface area contributed by atoms with E-state index in [0.29, 0.717) is 19.4 Å². The molecule has 1 aliphatic heterocycles. The summed E-state index contributed by atoms with van der Waals surface area (Å²) in [4.78, 5) is 27.8. The Bertz CT molecular complexity index is 368. The molecule has 1 saturated heterocycles. The van der Waals surface area contributed by atoms with Gasteiger partial charge in [0.15, 0.2) is 0 Å². The average Bonchev–Trinajstić information content (AvgIpc) is 2.28. The third-order valence-corrected chi connectivity index (χ3v) is 4.53. The molecule has 0 spiro atoms. The predicted molar refractivity (Wildman–Crippen MR) is 70.8 cm³/mol. The standard InChI is InChI=1S/C13H23N3O3/c1-15-6-7-16(2)10(9-15)8-14-11(17)13(12(18)19)4-3-5-13/h10H,3-9H2,1-2H3,(H,14,17)(H,18,19). The number of hydrogen-bond acceptors (Lipinski definition) is 4. The maximum absolute atomic E-state index is 12.1. The molecule has 1 aliphatic carbocycles. The zero-order valence-corrected chi connectivity index (χ0v) is 11.7. The second-order valence-corrected chi connectivity index (χ2v) is 5.85. The Balaban J connectivity index is 1.87. The van der Waals surface area contributed by atoms with Crippen molar-refractivity contribution in [3.8, 4) is 0 Å². The quantitative estimate of drug-likeness (QED) is 0.680. The number of carbonyl (C=O) groups excluding carboxylic acids is 1. The normalized spacial score (nSPS) is 27.6. The fourth-order valence-electron chi connectivity index (χ4n) is 2.77. The number of carboxylic acids is 1. The van der Waals surface area contributed by atoms with Crippen molar-refractivity contribution in [3.05, 3.63) is 0 Å². The van der Waals surface area contributed by atoms with Gasteiger partial charge in [-0.3, -0.25) is 14.5 Å². The maximum atomic E-state index is 12.1. The molecule has 6 nitrogen and oxygen atoms in total. The lowest BCUT2D eigenvalue weighted by molar-refractivity contribution is -0.162. The van der Waals surface area contributed by atoms with Crippen LogP contribution < -0.4 is 5.32 Å². The van der Waals surface area contributed by atoms with Crippen LogP contribution in [0.5, 0.6) is 0 Å². The van der Waals surface area contributed by atoms with Gasteiger partial charge in [-0.25, -0.2) is 0 Å². The van der Waals surface area contributed by atoms with Crippen molar-refractivity contribution in [1.29, 1.82) is 0 Å². The van der Waals surface area contributed by atoms with Crippen molar-refractivity contribution in [2.45, 2.75) is 25.3 Å². The van der Waals surface area contributed by atoms with E-state index in [2.05, 4.69) is 22.2 Å². The molecular formula is C13H23N3O3. The number of piperazine rings is 1. The third kappa shape index (κ3) is 2.74. The van der Waals surface area contributed by atoms with Crippen LogP contribution in [0.25, 0.3) is 0 Å². The number of likely N-dealkylation sites (N-methyl/N-ethyl adjacent to an activating group) is 2. The van der Waals surface area contributed by atoms with Crippen LogP contribution in [0.1, 0.15) is 19.3 Å². The monoisotopic (exact) mass is 269 g/mol. The van der Waals surface area contributed by atoms with Crippen LogP contribution in [0.2, 0.25) is 0 Å². The summed E-state index contributed by atoms with van der Waals surface area (Å²) in [5.74, 6) is -1.29. The van der Waals surface area contributed by atoms with E-state index < -0.39 is 11.4 Å². The number of nitrogens with zero attached hydrogens (tertiary/aromatic N) is 2. The van der Waals surface area contributed by atoms with Gasteiger partial charge < -0.3 is 15.3 Å². The number of hydrogen-bond donors (Lipinski definition) is 2. The van der Waals surface area contributed by atoms with Gasteiger partial charge in [-0.2, -0.15) is 0 Å². The average molecular weight is 269 g/mol. The Kier molecular flexibility index (Phi) is 4.10. The Hall–Kier alpha value is -1.14. The zero-order chi connectivity index (χ0) is 14.0. The first-order valence-corrected chi connectivity index (χ1v) is 6.86. The molecule has 2 rings (SSSR count). The molecule has 1 amide bonds. The molecule has 0 aromatic carbocycles. The van der Waals surface area contributed by atoms with E-state index in [9.17, 15) is 14.7 Å². The minimum Gasteiger partial charge on any atom is -0.480 e. The van der Waals surface area contributed by atoms with E-state index in [4.69, 9.17) is 0 Å². The second kappa shape index (κ2) is 5.46. The van der Waals surface area contributed by atoms with Crippen LogP contribution in [-0.2, 0) is 9.59 Å². The second-order valence-electron chi connectivity index (χ2n) is 5.85. The predicted octanol–water partition coefficient (Wildman–Crippen LogP) is -0.397. The van der Waals surface area contributed by atoms with Gasteiger partial charge in [0, 0.05) is 32.2 Å². The lowest BCUT2D eigenvalue weighted by atomic mass is 9.68. The van der Waals surface area contributed by atoms with Crippen LogP contribution in [0.3, 0.4) is 0 Å². The molecule has 2 N–H and O–H groups in total. The first kappa shape index (κ1) is 14.3. The summed E-state index contributed by atoms with van der Waals surface area (Å²) in [6.07, 6.45) is 1.76. The smallest absolute Gasteiger partial charge is 0.319 e. The number of rotatable bonds is 4. The fourth-order valence-corrected chi connectivity index (χ4v) is 2.77. The maximum Gasteiger partial charge on any atom is 0.319 e. The Morgan fingerprint density at radius 2 is 2.00 bits per heavy atom. The van der Waals surface area contributed by atoms with Crippen molar-refractivity contribution in [3.63, 3.8) is 0 Å². The first-order valence-electron chi connectivity index (χ1n) is 6.86. The van der Waals surface area contributed by atoms with Crippen molar-refractivity contribution >= 4 is 11.9 Å². The van der Waals surface area contributed by atoms with Crippen molar-refractivity contribution < 1.29 is 14.7 Å². The minimum atomic E-state index is -1.15. The van der Waals surface area contributed by atoms with Gasteiger partial charge in [-0.05, 0) is 26.9 Å². The summed E-state index contributed by atoms with van der Waals surface area (Å²) < 4.78 is 0. The molecule has 108 valence electrons. The molecule has 0 aromatic rings. The molecule has 0 bridgehead atoms. The van der Waals surface area contributed by atoms with Gasteiger partial charge in [-0.1, -0.05) is 6.42 Å². The number of carbonyl (C=O) groups is 2. The van der Waals surface area contributed by atoms with Gasteiger partial charge in [0.25, 0.3) is 0 Å². The molecule has 0 aromatic heterocycles. The highest BCUT2D eigenvalue weighted by molar-refractivity contribution is 6.02. The van der Waals surface area contributed by atoms with E-state index in [1.807, 2.05) is 7.05 Å². The lowest BCUT2D eigenvalue weighted by Crippen LogP contribution is -2.57. The number of carboxylic acid groups (broad SMARTS) is 1. The van der Waals surface area contributed by atoms with Crippen molar-refractivity contribution in [2.75, 3.05) is 40.3 Å². The highest BCUT2D eigenvalue weighted by Gasteiger charge is 2.51. The van der Waals surface area contributed by atoms with Gasteiger partial charge in [0.05, 0.1) is 0 Å². The summed E-state index contributed by atoms with van der Waals surface area (Å²) in [6.45, 7) is 3.42. The van der Waals surface area contributed by atoms with Crippen LogP contribution in [0.4, 0.5) is 0 Å². The molecule has 0 radical (unpaired) electrons. The summed E-state index contributed by atoms with van der Waals surface area (Å²) >= 11 is 0. The Morgan fingerprint density at radius 3 is 2.53 bits per heavy atom. The van der Waals surface area contributed by atoms with E-state index in [0.717, 1.165) is 26.1 Å². The van der Waals surface area contributed by atoms with E-state index in [1.54, 1.807) is 0 Å². The number of amides is 1. The van der Waals surface area contributed by atoms with Crippen LogP contribution in [0, 0.1) is 5.41 Å². The first-order chi connectivity index (χ1) is 8.95. The van der Waals surface area contributed by atoms with Gasteiger partial charge in [0.1, 0.15) is 5.41 Å². The highest BCUT2D eigenvalue weighted by atomic mass is 16.4. The van der Waals surface area contributed by atoms with Crippen LogP contribution in [-0.4, -0.2) is 73.1 Å². The van der Waals surface area contributed by atoms with E-state index in [-0.39, 0.29) is 11.9 Å². The Morgan fingerprint density at radius 1 is 1.32 bits per heavy atom. The largest absolute Gasteiger partial charge is 0.480 e. The van der Waals surface area contributed by atoms with E-state index in [1.165, 1.54) is 0 Å². The topological polar surface area (TPSA) is 72.9 Å².